The summed E-state index contributed by atoms with van der Waals surface area (Å²) in [4.78, 5) is 41.4. The molecule has 0 aromatic heterocycles. The molecule has 0 radical (unpaired) electrons. The molecule has 158 valence electrons. The van der Waals surface area contributed by atoms with Crippen molar-refractivity contribution in [3.8, 4) is 0 Å². The van der Waals surface area contributed by atoms with Gasteiger partial charge < -0.3 is 15.1 Å². The van der Waals surface area contributed by atoms with Gasteiger partial charge in [0, 0.05) is 37.5 Å². The van der Waals surface area contributed by atoms with E-state index in [1.54, 1.807) is 0 Å². The molecular formula is C23H33N3O3. The molecule has 3 amide bonds. The average molecular weight is 400 g/mol. The molecule has 6 heteroatoms. The summed E-state index contributed by atoms with van der Waals surface area (Å²) < 4.78 is 0. The van der Waals surface area contributed by atoms with Crippen molar-refractivity contribution in [3.63, 3.8) is 0 Å². The number of carbonyl (C=O) groups excluding carboxylic acids is 3. The third-order valence-electron chi connectivity index (χ3n) is 6.05. The molecule has 2 fully saturated rings. The van der Waals surface area contributed by atoms with Gasteiger partial charge in [-0.05, 0) is 25.3 Å². The highest BCUT2D eigenvalue weighted by Crippen LogP contribution is 2.29. The van der Waals surface area contributed by atoms with E-state index in [9.17, 15) is 14.4 Å². The fourth-order valence-corrected chi connectivity index (χ4v) is 4.21. The zero-order valence-electron chi connectivity index (χ0n) is 18.0. The Labute approximate surface area is 173 Å². The number of amides is 3. The maximum atomic E-state index is 12.8. The quantitative estimate of drug-likeness (QED) is 0.846. The number of hydrogen-bond donors (Lipinski definition) is 1. The summed E-state index contributed by atoms with van der Waals surface area (Å²) in [6.07, 6.45) is 1.79. The fraction of sp³-hybridized carbons (Fsp3) is 0.609. The van der Waals surface area contributed by atoms with Gasteiger partial charge in [-0.25, -0.2) is 0 Å². The first-order chi connectivity index (χ1) is 13.7. The third-order valence-corrected chi connectivity index (χ3v) is 6.05. The number of nitrogens with one attached hydrogen (secondary N) is 1. The molecule has 0 bridgehead atoms. The summed E-state index contributed by atoms with van der Waals surface area (Å²) in [6, 6.07) is 9.95. The molecule has 2 atom stereocenters. The molecule has 2 aliphatic rings. The summed E-state index contributed by atoms with van der Waals surface area (Å²) in [5.41, 5.74) is 0.705. The average Bonchev–Trinajstić information content (AvgIpc) is 3.09. The van der Waals surface area contributed by atoms with E-state index in [0.717, 1.165) is 18.4 Å². The normalized spacial score (nSPS) is 21.9. The standard InChI is InChI=1S/C23H33N3O3/c1-16(17-8-6-5-7-9-17)26-15-18(14-20(26)27)21(28)24-19-10-12-25(13-11-19)22(29)23(2,3)4/h5-9,16,18-19H,10-15H2,1-4H3,(H,24,28). The summed E-state index contributed by atoms with van der Waals surface area (Å²) in [5, 5.41) is 3.12. The molecule has 0 aliphatic carbocycles. The number of benzene rings is 1. The van der Waals surface area contributed by atoms with Gasteiger partial charge in [-0.1, -0.05) is 51.1 Å². The number of likely N-dealkylation sites (tertiary alicyclic amines) is 2. The molecule has 2 aliphatic heterocycles. The van der Waals surface area contributed by atoms with Crippen molar-refractivity contribution in [3.05, 3.63) is 35.9 Å². The van der Waals surface area contributed by atoms with E-state index in [1.165, 1.54) is 0 Å². The van der Waals surface area contributed by atoms with Crippen LogP contribution in [0.1, 0.15) is 58.6 Å². The van der Waals surface area contributed by atoms with Crippen molar-refractivity contribution in [2.24, 2.45) is 11.3 Å². The first-order valence-electron chi connectivity index (χ1n) is 10.6. The Morgan fingerprint density at radius 3 is 2.31 bits per heavy atom. The molecule has 1 aromatic rings. The van der Waals surface area contributed by atoms with Crippen molar-refractivity contribution in [2.75, 3.05) is 19.6 Å². The molecule has 6 nitrogen and oxygen atoms in total. The molecule has 0 spiro atoms. The lowest BCUT2D eigenvalue weighted by Crippen LogP contribution is -2.50. The van der Waals surface area contributed by atoms with Gasteiger partial charge in [0.25, 0.3) is 0 Å². The van der Waals surface area contributed by atoms with Crippen molar-refractivity contribution in [1.82, 2.24) is 15.1 Å². The summed E-state index contributed by atoms with van der Waals surface area (Å²) in [7, 11) is 0. The largest absolute Gasteiger partial charge is 0.353 e. The molecule has 2 heterocycles. The minimum atomic E-state index is -0.376. The summed E-state index contributed by atoms with van der Waals surface area (Å²) in [5.74, 6) is -0.147. The molecule has 1 aromatic carbocycles. The maximum absolute atomic E-state index is 12.8. The Bertz CT molecular complexity index is 748. The van der Waals surface area contributed by atoms with E-state index in [2.05, 4.69) is 5.32 Å². The van der Waals surface area contributed by atoms with E-state index in [-0.39, 0.29) is 47.6 Å². The van der Waals surface area contributed by atoms with Crippen LogP contribution >= 0.6 is 0 Å². The number of hydrogen-bond acceptors (Lipinski definition) is 3. The molecule has 2 saturated heterocycles. The molecule has 29 heavy (non-hydrogen) atoms. The van der Waals surface area contributed by atoms with Gasteiger partial charge in [0.1, 0.15) is 0 Å². The SMILES string of the molecule is CC(c1ccccc1)N1CC(C(=O)NC2CCN(C(=O)C(C)(C)C)CC2)CC1=O. The fourth-order valence-electron chi connectivity index (χ4n) is 4.21. The minimum Gasteiger partial charge on any atom is -0.353 e. The summed E-state index contributed by atoms with van der Waals surface area (Å²) in [6.45, 7) is 9.61. The van der Waals surface area contributed by atoms with Crippen LogP contribution in [-0.4, -0.2) is 53.2 Å². The first-order valence-corrected chi connectivity index (χ1v) is 10.6. The number of nitrogens with zero attached hydrogens (tertiary/aromatic N) is 2. The van der Waals surface area contributed by atoms with E-state index < -0.39 is 0 Å². The highest BCUT2D eigenvalue weighted by Gasteiger charge is 2.38. The first kappa shape index (κ1) is 21.3. The van der Waals surface area contributed by atoms with Crippen LogP contribution in [-0.2, 0) is 14.4 Å². The second-order valence-corrected chi connectivity index (χ2v) is 9.36. The second kappa shape index (κ2) is 8.56. The molecule has 0 saturated carbocycles. The zero-order valence-corrected chi connectivity index (χ0v) is 18.0. The van der Waals surface area contributed by atoms with Crippen LogP contribution in [0.25, 0.3) is 0 Å². The van der Waals surface area contributed by atoms with E-state index >= 15 is 0 Å². The van der Waals surface area contributed by atoms with Crippen LogP contribution in [0.4, 0.5) is 0 Å². The molecular weight excluding hydrogens is 366 g/mol. The highest BCUT2D eigenvalue weighted by molar-refractivity contribution is 5.89. The number of carbonyl (C=O) groups is 3. The summed E-state index contributed by atoms with van der Waals surface area (Å²) >= 11 is 0. The third kappa shape index (κ3) is 4.98. The van der Waals surface area contributed by atoms with E-state index in [1.807, 2.05) is 67.8 Å². The number of rotatable bonds is 4. The van der Waals surface area contributed by atoms with Crippen molar-refractivity contribution in [2.45, 2.75) is 59.0 Å². The van der Waals surface area contributed by atoms with Gasteiger partial charge in [0.15, 0.2) is 0 Å². The van der Waals surface area contributed by atoms with Gasteiger partial charge >= 0.3 is 0 Å². The smallest absolute Gasteiger partial charge is 0.227 e. The van der Waals surface area contributed by atoms with Crippen LogP contribution < -0.4 is 5.32 Å². The van der Waals surface area contributed by atoms with E-state index in [0.29, 0.717) is 19.6 Å². The lowest BCUT2D eigenvalue weighted by atomic mass is 9.93. The van der Waals surface area contributed by atoms with Crippen molar-refractivity contribution >= 4 is 17.7 Å². The predicted octanol–water partition coefficient (Wildman–Crippen LogP) is 2.75. The van der Waals surface area contributed by atoms with Gasteiger partial charge in [0.2, 0.25) is 17.7 Å². The van der Waals surface area contributed by atoms with Crippen LogP contribution in [0.3, 0.4) is 0 Å². The second-order valence-electron chi connectivity index (χ2n) is 9.36. The Morgan fingerprint density at radius 2 is 1.72 bits per heavy atom. The number of piperidine rings is 1. The highest BCUT2D eigenvalue weighted by atomic mass is 16.2. The van der Waals surface area contributed by atoms with Crippen molar-refractivity contribution in [1.29, 1.82) is 0 Å². The Kier molecular flexibility index (Phi) is 6.30. The van der Waals surface area contributed by atoms with Crippen LogP contribution in [0.15, 0.2) is 30.3 Å². The van der Waals surface area contributed by atoms with Gasteiger partial charge in [0.05, 0.1) is 12.0 Å². The predicted molar refractivity (Wildman–Crippen MR) is 112 cm³/mol. The lowest BCUT2D eigenvalue weighted by Gasteiger charge is -2.36. The zero-order chi connectivity index (χ0) is 21.2. The molecule has 3 rings (SSSR count). The maximum Gasteiger partial charge on any atom is 0.227 e. The van der Waals surface area contributed by atoms with E-state index in [4.69, 9.17) is 0 Å². The molecule has 2 unspecified atom stereocenters. The molecule has 1 N–H and O–H groups in total. The topological polar surface area (TPSA) is 69.7 Å². The van der Waals surface area contributed by atoms with Gasteiger partial charge in [-0.15, -0.1) is 0 Å². The van der Waals surface area contributed by atoms with Crippen LogP contribution in [0.2, 0.25) is 0 Å². The van der Waals surface area contributed by atoms with Gasteiger partial charge in [-0.3, -0.25) is 14.4 Å². The lowest BCUT2D eigenvalue weighted by molar-refractivity contribution is -0.140. The minimum absolute atomic E-state index is 0.0341. The monoisotopic (exact) mass is 399 g/mol. The van der Waals surface area contributed by atoms with Crippen molar-refractivity contribution < 1.29 is 14.4 Å². The van der Waals surface area contributed by atoms with Gasteiger partial charge in [-0.2, -0.15) is 0 Å². The Hall–Kier alpha value is -2.37. The Balaban J connectivity index is 1.51. The Morgan fingerprint density at radius 1 is 1.10 bits per heavy atom. The van der Waals surface area contributed by atoms with Crippen LogP contribution in [0.5, 0.6) is 0 Å². The van der Waals surface area contributed by atoms with Crippen LogP contribution in [0, 0.1) is 11.3 Å².